The zero-order valence-corrected chi connectivity index (χ0v) is 11.4. The van der Waals surface area contributed by atoms with Gasteiger partial charge in [-0.15, -0.1) is 0 Å². The van der Waals surface area contributed by atoms with Crippen LogP contribution in [0.25, 0.3) is 0 Å². The maximum Gasteiger partial charge on any atom is 0.164 e. The van der Waals surface area contributed by atoms with E-state index in [0.29, 0.717) is 12.2 Å². The van der Waals surface area contributed by atoms with Gasteiger partial charge < -0.3 is 4.57 Å². The molecule has 19 heavy (non-hydrogen) atoms. The van der Waals surface area contributed by atoms with Crippen molar-refractivity contribution in [2.24, 2.45) is 0 Å². The lowest BCUT2D eigenvalue weighted by atomic mass is 10.1. The van der Waals surface area contributed by atoms with Gasteiger partial charge in [-0.25, -0.2) is 0 Å². The summed E-state index contributed by atoms with van der Waals surface area (Å²) in [6.07, 6.45) is 6.03. The Balaban J connectivity index is 1.99. The van der Waals surface area contributed by atoms with E-state index >= 15 is 0 Å². The van der Waals surface area contributed by atoms with Gasteiger partial charge in [-0.1, -0.05) is 30.3 Å². The van der Waals surface area contributed by atoms with Crippen LogP contribution in [-0.4, -0.2) is 10.4 Å². The van der Waals surface area contributed by atoms with E-state index in [0.717, 1.165) is 36.9 Å². The second-order valence-corrected chi connectivity index (χ2v) is 5.38. The van der Waals surface area contributed by atoms with Crippen molar-refractivity contribution >= 4 is 5.78 Å². The first kappa shape index (κ1) is 12.2. The maximum absolute atomic E-state index is 12.2. The molecule has 0 saturated heterocycles. The number of rotatable bonds is 2. The van der Waals surface area contributed by atoms with Gasteiger partial charge in [0.1, 0.15) is 0 Å². The molecule has 1 aliphatic rings. The highest BCUT2D eigenvalue weighted by atomic mass is 16.1. The molecule has 1 aliphatic carbocycles. The number of benzene rings is 1. The summed E-state index contributed by atoms with van der Waals surface area (Å²) in [5, 5.41) is 0. The van der Waals surface area contributed by atoms with E-state index in [1.165, 1.54) is 11.3 Å². The highest BCUT2D eigenvalue weighted by molar-refractivity contribution is 5.99. The zero-order chi connectivity index (χ0) is 13.2. The van der Waals surface area contributed by atoms with E-state index in [1.54, 1.807) is 0 Å². The van der Waals surface area contributed by atoms with E-state index in [9.17, 15) is 4.79 Å². The van der Waals surface area contributed by atoms with Crippen molar-refractivity contribution in [3.63, 3.8) is 0 Å². The topological polar surface area (TPSA) is 22.0 Å². The Morgan fingerprint density at radius 2 is 1.84 bits per heavy atom. The second kappa shape index (κ2) is 5.04. The van der Waals surface area contributed by atoms with Gasteiger partial charge in [-0.05, 0) is 37.3 Å². The van der Waals surface area contributed by atoms with Crippen molar-refractivity contribution in [1.82, 2.24) is 4.57 Å². The van der Waals surface area contributed by atoms with Crippen molar-refractivity contribution < 1.29 is 4.79 Å². The SMILES string of the molecule is Cc1cn(Cc2ccccc2)c2c1C(=O)CCCC2. The van der Waals surface area contributed by atoms with Crippen molar-refractivity contribution in [2.75, 3.05) is 0 Å². The van der Waals surface area contributed by atoms with Crippen LogP contribution in [0.3, 0.4) is 0 Å². The standard InChI is InChI=1S/C17H19NO/c1-13-11-18(12-14-7-3-2-4-8-14)15-9-5-6-10-16(19)17(13)15/h2-4,7-8,11H,5-6,9-10,12H2,1H3. The molecule has 3 rings (SSSR count). The molecule has 1 aromatic carbocycles. The molecule has 0 fully saturated rings. The molecule has 2 aromatic rings. The average molecular weight is 253 g/mol. The van der Waals surface area contributed by atoms with Crippen molar-refractivity contribution in [3.8, 4) is 0 Å². The Kier molecular flexibility index (Phi) is 3.24. The Morgan fingerprint density at radius 1 is 1.11 bits per heavy atom. The predicted molar refractivity (Wildman–Crippen MR) is 76.6 cm³/mol. The molecule has 1 heterocycles. The van der Waals surface area contributed by atoms with Gasteiger partial charge in [0, 0.05) is 30.4 Å². The normalized spacial score (nSPS) is 15.1. The minimum atomic E-state index is 0.330. The number of hydrogen-bond donors (Lipinski definition) is 0. The highest BCUT2D eigenvalue weighted by Crippen LogP contribution is 2.26. The number of hydrogen-bond acceptors (Lipinski definition) is 1. The van der Waals surface area contributed by atoms with Crippen LogP contribution in [0, 0.1) is 6.92 Å². The Morgan fingerprint density at radius 3 is 2.63 bits per heavy atom. The van der Waals surface area contributed by atoms with Crippen molar-refractivity contribution in [1.29, 1.82) is 0 Å². The largest absolute Gasteiger partial charge is 0.346 e. The van der Waals surface area contributed by atoms with Gasteiger partial charge >= 0.3 is 0 Å². The maximum atomic E-state index is 12.2. The fraction of sp³-hybridized carbons (Fsp3) is 0.353. The van der Waals surface area contributed by atoms with Gasteiger partial charge in [0.25, 0.3) is 0 Å². The zero-order valence-electron chi connectivity index (χ0n) is 11.4. The van der Waals surface area contributed by atoms with Crippen LogP contribution in [0.4, 0.5) is 0 Å². The second-order valence-electron chi connectivity index (χ2n) is 5.38. The molecule has 0 spiro atoms. The van der Waals surface area contributed by atoms with Gasteiger partial charge in [0.05, 0.1) is 0 Å². The van der Waals surface area contributed by atoms with E-state index in [1.807, 2.05) is 6.07 Å². The van der Waals surface area contributed by atoms with Crippen LogP contribution in [0.2, 0.25) is 0 Å². The van der Waals surface area contributed by atoms with E-state index < -0.39 is 0 Å². The summed E-state index contributed by atoms with van der Waals surface area (Å²) in [6.45, 7) is 2.92. The smallest absolute Gasteiger partial charge is 0.164 e. The van der Waals surface area contributed by atoms with Gasteiger partial charge in [0.2, 0.25) is 0 Å². The molecule has 2 heteroatoms. The number of aromatic nitrogens is 1. The first-order valence-corrected chi connectivity index (χ1v) is 7.01. The molecule has 0 bridgehead atoms. The molecular formula is C17H19NO. The van der Waals surface area contributed by atoms with Gasteiger partial charge in [-0.3, -0.25) is 4.79 Å². The molecule has 0 radical (unpaired) electrons. The Bertz CT molecular complexity index is 595. The molecular weight excluding hydrogens is 234 g/mol. The summed E-state index contributed by atoms with van der Waals surface area (Å²) in [5.41, 5.74) is 4.66. The minimum Gasteiger partial charge on any atom is -0.346 e. The molecule has 98 valence electrons. The van der Waals surface area contributed by atoms with Gasteiger partial charge in [0.15, 0.2) is 5.78 Å². The first-order chi connectivity index (χ1) is 9.25. The summed E-state index contributed by atoms with van der Waals surface area (Å²) in [5.74, 6) is 0.330. The molecule has 0 N–H and O–H groups in total. The molecule has 0 atom stereocenters. The van der Waals surface area contributed by atoms with Crippen LogP contribution >= 0.6 is 0 Å². The number of nitrogens with zero attached hydrogens (tertiary/aromatic N) is 1. The summed E-state index contributed by atoms with van der Waals surface area (Å²) < 4.78 is 2.27. The molecule has 0 unspecified atom stereocenters. The van der Waals surface area contributed by atoms with Crippen LogP contribution < -0.4 is 0 Å². The number of aryl methyl sites for hydroxylation is 1. The fourth-order valence-corrected chi connectivity index (χ4v) is 3.02. The highest BCUT2D eigenvalue weighted by Gasteiger charge is 2.21. The summed E-state index contributed by atoms with van der Waals surface area (Å²) >= 11 is 0. The van der Waals surface area contributed by atoms with Gasteiger partial charge in [-0.2, -0.15) is 0 Å². The molecule has 2 nitrogen and oxygen atoms in total. The lowest BCUT2D eigenvalue weighted by Gasteiger charge is -2.09. The molecule has 0 saturated carbocycles. The third-order valence-corrected chi connectivity index (χ3v) is 3.92. The average Bonchev–Trinajstić information content (AvgIpc) is 2.59. The van der Waals surface area contributed by atoms with Crippen LogP contribution in [-0.2, 0) is 13.0 Å². The fourth-order valence-electron chi connectivity index (χ4n) is 3.02. The minimum absolute atomic E-state index is 0.330. The quantitative estimate of drug-likeness (QED) is 0.747. The van der Waals surface area contributed by atoms with Crippen molar-refractivity contribution in [3.05, 3.63) is 58.9 Å². The first-order valence-electron chi connectivity index (χ1n) is 7.01. The molecule has 0 aliphatic heterocycles. The van der Waals surface area contributed by atoms with Crippen LogP contribution in [0.15, 0.2) is 36.5 Å². The number of Topliss-reactive ketones (excluding diaryl/α,β-unsaturated/α-hetero) is 1. The lowest BCUT2D eigenvalue weighted by molar-refractivity contribution is 0.0981. The summed E-state index contributed by atoms with van der Waals surface area (Å²) in [7, 11) is 0. The Hall–Kier alpha value is -1.83. The third-order valence-electron chi connectivity index (χ3n) is 3.92. The van der Waals surface area contributed by atoms with E-state index in [2.05, 4.69) is 42.0 Å². The number of fused-ring (bicyclic) bond motifs is 1. The summed E-state index contributed by atoms with van der Waals surface area (Å²) in [4.78, 5) is 12.2. The predicted octanol–water partition coefficient (Wildman–Crippen LogP) is 3.75. The van der Waals surface area contributed by atoms with E-state index in [4.69, 9.17) is 0 Å². The van der Waals surface area contributed by atoms with Crippen LogP contribution in [0.1, 0.15) is 46.4 Å². The summed E-state index contributed by atoms with van der Waals surface area (Å²) in [6, 6.07) is 10.4. The van der Waals surface area contributed by atoms with Crippen LogP contribution in [0.5, 0.6) is 0 Å². The molecule has 0 amide bonds. The molecule has 1 aromatic heterocycles. The van der Waals surface area contributed by atoms with E-state index in [-0.39, 0.29) is 0 Å². The Labute approximate surface area is 114 Å². The van der Waals surface area contributed by atoms with Crippen molar-refractivity contribution in [2.45, 2.75) is 39.2 Å². The number of ketones is 1. The number of carbonyl (C=O) groups is 1. The lowest BCUT2D eigenvalue weighted by Crippen LogP contribution is -2.06. The number of carbonyl (C=O) groups excluding carboxylic acids is 1. The monoisotopic (exact) mass is 253 g/mol. The third kappa shape index (κ3) is 2.35.